The number of quaternary nitrogens is 2. The summed E-state index contributed by atoms with van der Waals surface area (Å²) in [7, 11) is 0. The molecule has 0 unspecified atom stereocenters. The van der Waals surface area contributed by atoms with Crippen LogP contribution in [0.4, 0.5) is 10.1 Å². The Morgan fingerprint density at radius 2 is 1.59 bits per heavy atom. The second kappa shape index (κ2) is 10.3. The van der Waals surface area contributed by atoms with Crippen molar-refractivity contribution in [3.8, 4) is 0 Å². The van der Waals surface area contributed by atoms with E-state index in [1.807, 2.05) is 18.2 Å². The van der Waals surface area contributed by atoms with Crippen LogP contribution in [0.5, 0.6) is 0 Å². The Labute approximate surface area is 174 Å². The molecule has 1 fully saturated rings. The lowest BCUT2D eigenvalue weighted by atomic mass is 10.2. The first-order chi connectivity index (χ1) is 14.0. The molecule has 1 aliphatic heterocycles. The van der Waals surface area contributed by atoms with Crippen LogP contribution in [0, 0.1) is 5.82 Å². The van der Waals surface area contributed by atoms with Crippen LogP contribution in [-0.4, -0.2) is 51.1 Å². The summed E-state index contributed by atoms with van der Waals surface area (Å²) >= 11 is 6.25. The fourth-order valence-electron chi connectivity index (χ4n) is 3.45. The van der Waals surface area contributed by atoms with Crippen LogP contribution < -0.4 is 20.4 Å². The second-order valence-corrected chi connectivity index (χ2v) is 7.64. The lowest BCUT2D eigenvalue weighted by Crippen LogP contribution is -3.27. The summed E-state index contributed by atoms with van der Waals surface area (Å²) in [6, 6.07) is 13.2. The highest BCUT2D eigenvalue weighted by Crippen LogP contribution is 2.13. The third-order valence-electron chi connectivity index (χ3n) is 5.13. The number of carbonyl (C=O) groups excluding carboxylic acids is 2. The number of hydrogen-bond donors (Lipinski definition) is 4. The van der Waals surface area contributed by atoms with Crippen LogP contribution in [0.25, 0.3) is 0 Å². The van der Waals surface area contributed by atoms with E-state index >= 15 is 0 Å². The maximum atomic E-state index is 12.9. The molecule has 2 aromatic carbocycles. The average Bonchev–Trinajstić information content (AvgIpc) is 2.72. The average molecular weight is 421 g/mol. The van der Waals surface area contributed by atoms with Gasteiger partial charge in [-0.15, -0.1) is 0 Å². The second-order valence-electron chi connectivity index (χ2n) is 7.24. The van der Waals surface area contributed by atoms with Gasteiger partial charge in [0.25, 0.3) is 0 Å². The molecule has 3 rings (SSSR count). The van der Waals surface area contributed by atoms with Gasteiger partial charge in [0, 0.05) is 16.3 Å². The smallest absolute Gasteiger partial charge is 0.313 e. The first-order valence-corrected chi connectivity index (χ1v) is 10.1. The van der Waals surface area contributed by atoms with E-state index in [4.69, 9.17) is 11.6 Å². The van der Waals surface area contributed by atoms with Gasteiger partial charge >= 0.3 is 11.8 Å². The van der Waals surface area contributed by atoms with Gasteiger partial charge in [-0.2, -0.15) is 0 Å². The van der Waals surface area contributed by atoms with Crippen molar-refractivity contribution in [2.75, 3.05) is 44.6 Å². The highest BCUT2D eigenvalue weighted by molar-refractivity contribution is 6.39. The largest absolute Gasteiger partial charge is 0.342 e. The zero-order valence-corrected chi connectivity index (χ0v) is 16.9. The van der Waals surface area contributed by atoms with Crippen molar-refractivity contribution >= 4 is 29.1 Å². The SMILES string of the molecule is O=C(NCC[NH+]1CC[NH+](Cc2ccccc2Cl)CC1)C(=O)Nc1ccc(F)cc1. The molecule has 0 bridgehead atoms. The van der Waals surface area contributed by atoms with Crippen molar-refractivity contribution in [3.05, 3.63) is 64.9 Å². The highest BCUT2D eigenvalue weighted by Gasteiger charge is 2.23. The predicted octanol–water partition coefficient (Wildman–Crippen LogP) is -0.483. The van der Waals surface area contributed by atoms with E-state index in [9.17, 15) is 14.0 Å². The van der Waals surface area contributed by atoms with Crippen molar-refractivity contribution in [3.63, 3.8) is 0 Å². The maximum absolute atomic E-state index is 12.9. The molecule has 1 heterocycles. The van der Waals surface area contributed by atoms with Crippen molar-refractivity contribution in [2.24, 2.45) is 0 Å². The number of halogens is 2. The highest BCUT2D eigenvalue weighted by atomic mass is 35.5. The van der Waals surface area contributed by atoms with Gasteiger partial charge in [-0.05, 0) is 30.3 Å². The molecule has 0 saturated carbocycles. The van der Waals surface area contributed by atoms with E-state index in [0.29, 0.717) is 12.2 Å². The van der Waals surface area contributed by atoms with Crippen LogP contribution in [0.2, 0.25) is 5.02 Å². The lowest BCUT2D eigenvalue weighted by molar-refractivity contribution is -1.02. The van der Waals surface area contributed by atoms with Crippen LogP contribution in [0.1, 0.15) is 5.56 Å². The Hall–Kier alpha value is -2.48. The minimum Gasteiger partial charge on any atom is -0.342 e. The van der Waals surface area contributed by atoms with Gasteiger partial charge in [0.1, 0.15) is 38.5 Å². The fraction of sp³-hybridized carbons (Fsp3) is 0.333. The van der Waals surface area contributed by atoms with Crippen molar-refractivity contribution < 1.29 is 23.8 Å². The Morgan fingerprint density at radius 3 is 2.28 bits per heavy atom. The number of benzene rings is 2. The van der Waals surface area contributed by atoms with Gasteiger partial charge in [0.2, 0.25) is 0 Å². The minimum absolute atomic E-state index is 0.384. The fourth-order valence-corrected chi connectivity index (χ4v) is 3.65. The van der Waals surface area contributed by atoms with E-state index in [0.717, 1.165) is 44.3 Å². The first-order valence-electron chi connectivity index (χ1n) is 9.76. The summed E-state index contributed by atoms with van der Waals surface area (Å²) in [4.78, 5) is 26.7. The molecule has 6 nitrogen and oxygen atoms in total. The molecule has 4 N–H and O–H groups in total. The van der Waals surface area contributed by atoms with Crippen molar-refractivity contribution in [1.29, 1.82) is 0 Å². The Morgan fingerprint density at radius 1 is 0.931 bits per heavy atom. The molecular weight excluding hydrogens is 395 g/mol. The van der Waals surface area contributed by atoms with Crippen LogP contribution >= 0.6 is 11.6 Å². The van der Waals surface area contributed by atoms with Crippen LogP contribution in [0.3, 0.4) is 0 Å². The Bertz CT molecular complexity index is 839. The molecule has 0 radical (unpaired) electrons. The van der Waals surface area contributed by atoms with Gasteiger partial charge in [-0.25, -0.2) is 4.39 Å². The van der Waals surface area contributed by atoms with Crippen molar-refractivity contribution in [2.45, 2.75) is 6.54 Å². The van der Waals surface area contributed by atoms with Gasteiger partial charge in [0.05, 0.1) is 13.1 Å². The van der Waals surface area contributed by atoms with Gasteiger partial charge in [-0.3, -0.25) is 9.59 Å². The van der Waals surface area contributed by atoms with E-state index in [-0.39, 0.29) is 0 Å². The molecule has 2 amide bonds. The number of piperazine rings is 1. The summed E-state index contributed by atoms with van der Waals surface area (Å²) in [6.45, 7) is 6.24. The van der Waals surface area contributed by atoms with Gasteiger partial charge < -0.3 is 20.4 Å². The molecule has 154 valence electrons. The molecule has 1 aliphatic rings. The third kappa shape index (κ3) is 6.52. The summed E-state index contributed by atoms with van der Waals surface area (Å²) in [5, 5.41) is 5.92. The van der Waals surface area contributed by atoms with Gasteiger partial charge in [-0.1, -0.05) is 29.8 Å². The summed E-state index contributed by atoms with van der Waals surface area (Å²) < 4.78 is 12.9. The van der Waals surface area contributed by atoms with Crippen LogP contribution in [0.15, 0.2) is 48.5 Å². The van der Waals surface area contributed by atoms with E-state index in [2.05, 4.69) is 16.7 Å². The summed E-state index contributed by atoms with van der Waals surface area (Å²) in [6.07, 6.45) is 0. The monoisotopic (exact) mass is 420 g/mol. The number of anilines is 1. The normalized spacial score (nSPS) is 18.8. The first kappa shape index (κ1) is 21.2. The van der Waals surface area contributed by atoms with Crippen LogP contribution in [-0.2, 0) is 16.1 Å². The van der Waals surface area contributed by atoms with Crippen molar-refractivity contribution in [1.82, 2.24) is 5.32 Å². The zero-order chi connectivity index (χ0) is 20.6. The molecule has 8 heteroatoms. The molecule has 2 aromatic rings. The van der Waals surface area contributed by atoms with E-state index in [1.54, 1.807) is 0 Å². The minimum atomic E-state index is -0.749. The zero-order valence-electron chi connectivity index (χ0n) is 16.1. The lowest BCUT2D eigenvalue weighted by Gasteiger charge is -2.30. The number of nitrogens with one attached hydrogen (secondary N) is 4. The summed E-state index contributed by atoms with van der Waals surface area (Å²) in [5.41, 5.74) is 1.56. The van der Waals surface area contributed by atoms with E-state index < -0.39 is 17.6 Å². The number of hydrogen-bond acceptors (Lipinski definition) is 2. The topological polar surface area (TPSA) is 67.1 Å². The number of amides is 2. The number of rotatable bonds is 6. The molecule has 0 spiro atoms. The molecular formula is C21H26ClFN4O2+2. The third-order valence-corrected chi connectivity index (χ3v) is 5.50. The molecule has 0 atom stereocenters. The molecule has 1 saturated heterocycles. The van der Waals surface area contributed by atoms with E-state index in [1.165, 1.54) is 39.6 Å². The quantitative estimate of drug-likeness (QED) is 0.477. The standard InChI is InChI=1S/C21H24ClFN4O2/c22-19-4-2-1-3-16(19)15-27-13-11-26(12-14-27)10-9-24-20(28)21(29)25-18-7-5-17(23)6-8-18/h1-8H,9-15H2,(H,24,28)(H,25,29)/p+2. The van der Waals surface area contributed by atoms with Gasteiger partial charge in [0.15, 0.2) is 0 Å². The molecule has 29 heavy (non-hydrogen) atoms. The number of carbonyl (C=O) groups is 2. The Kier molecular flexibility index (Phi) is 7.57. The molecule has 0 aliphatic carbocycles. The molecule has 0 aromatic heterocycles. The maximum Gasteiger partial charge on any atom is 0.313 e. The Balaban J connectivity index is 1.34. The summed E-state index contributed by atoms with van der Waals surface area (Å²) in [5.74, 6) is -1.83. The predicted molar refractivity (Wildman–Crippen MR) is 109 cm³/mol.